The second-order valence-electron chi connectivity index (χ2n) is 6.53. The summed E-state index contributed by atoms with van der Waals surface area (Å²) in [7, 11) is 1.21. The quantitative estimate of drug-likeness (QED) is 0.800. The molecule has 1 aromatic rings. The van der Waals surface area contributed by atoms with Crippen molar-refractivity contribution >= 4 is 24.2 Å². The summed E-state index contributed by atoms with van der Waals surface area (Å²) in [4.78, 5) is 0. The van der Waals surface area contributed by atoms with E-state index in [1.807, 2.05) is 40.7 Å². The SMILES string of the molecule is CCc1cc(Cl)c(C)c(B2OC(C)(C)C(C)(C)O2)c1OC. The number of methoxy groups -OCH3 is 1. The third-order valence-corrected chi connectivity index (χ3v) is 5.07. The lowest BCUT2D eigenvalue weighted by molar-refractivity contribution is 0.00578. The molecule has 1 heterocycles. The fourth-order valence-electron chi connectivity index (χ4n) is 2.55. The molecule has 0 spiro atoms. The number of benzene rings is 1. The molecule has 5 heteroatoms. The summed E-state index contributed by atoms with van der Waals surface area (Å²) in [6, 6.07) is 1.96. The van der Waals surface area contributed by atoms with Gasteiger partial charge in [0.05, 0.1) is 18.3 Å². The zero-order chi connectivity index (χ0) is 16.0. The van der Waals surface area contributed by atoms with E-state index in [2.05, 4.69) is 6.92 Å². The number of rotatable bonds is 3. The minimum absolute atomic E-state index is 0.385. The van der Waals surface area contributed by atoms with Gasteiger partial charge in [0.15, 0.2) is 0 Å². The summed E-state index contributed by atoms with van der Waals surface area (Å²) in [6.07, 6.45) is 0.843. The van der Waals surface area contributed by atoms with Gasteiger partial charge in [0, 0.05) is 10.5 Å². The number of hydrogen-bond donors (Lipinski definition) is 0. The van der Waals surface area contributed by atoms with E-state index in [-0.39, 0.29) is 11.2 Å². The van der Waals surface area contributed by atoms with Gasteiger partial charge in [-0.2, -0.15) is 0 Å². The van der Waals surface area contributed by atoms with E-state index >= 15 is 0 Å². The Kier molecular flexibility index (Phi) is 4.36. The Hall–Kier alpha value is -0.705. The highest BCUT2D eigenvalue weighted by molar-refractivity contribution is 6.64. The van der Waals surface area contributed by atoms with Crippen LogP contribution in [0.4, 0.5) is 0 Å². The first kappa shape index (κ1) is 16.7. The molecule has 1 aromatic carbocycles. The van der Waals surface area contributed by atoms with Crippen molar-refractivity contribution in [3.8, 4) is 5.75 Å². The smallest absolute Gasteiger partial charge is 0.497 e. The van der Waals surface area contributed by atoms with Crippen LogP contribution < -0.4 is 10.2 Å². The molecule has 0 amide bonds. The molecule has 0 aliphatic carbocycles. The van der Waals surface area contributed by atoms with E-state index in [1.165, 1.54) is 0 Å². The van der Waals surface area contributed by atoms with Crippen LogP contribution in [-0.2, 0) is 15.7 Å². The second kappa shape index (κ2) is 5.49. The van der Waals surface area contributed by atoms with Crippen molar-refractivity contribution in [3.05, 3.63) is 22.2 Å². The van der Waals surface area contributed by atoms with Gasteiger partial charge >= 0.3 is 7.12 Å². The van der Waals surface area contributed by atoms with Gasteiger partial charge in [0.1, 0.15) is 5.75 Å². The minimum Gasteiger partial charge on any atom is -0.497 e. The highest BCUT2D eigenvalue weighted by atomic mass is 35.5. The monoisotopic (exact) mass is 310 g/mol. The van der Waals surface area contributed by atoms with Crippen LogP contribution in [0.3, 0.4) is 0 Å². The van der Waals surface area contributed by atoms with Gasteiger partial charge in [-0.15, -0.1) is 0 Å². The molecule has 0 saturated carbocycles. The lowest BCUT2D eigenvalue weighted by Gasteiger charge is -2.32. The Morgan fingerprint density at radius 2 is 1.71 bits per heavy atom. The molecule has 1 saturated heterocycles. The fourth-order valence-corrected chi connectivity index (χ4v) is 2.78. The van der Waals surface area contributed by atoms with E-state index in [0.717, 1.165) is 33.8 Å². The topological polar surface area (TPSA) is 27.7 Å². The summed E-state index contributed by atoms with van der Waals surface area (Å²) in [5.74, 6) is 0.818. The van der Waals surface area contributed by atoms with E-state index in [4.69, 9.17) is 25.6 Å². The molecule has 0 bridgehead atoms. The molecule has 3 nitrogen and oxygen atoms in total. The first-order valence-electron chi connectivity index (χ1n) is 7.36. The molecule has 1 aliphatic rings. The first-order chi connectivity index (χ1) is 9.64. The van der Waals surface area contributed by atoms with E-state index in [9.17, 15) is 0 Å². The molecule has 1 aliphatic heterocycles. The van der Waals surface area contributed by atoms with E-state index in [1.54, 1.807) is 7.11 Å². The van der Waals surface area contributed by atoms with Crippen LogP contribution in [0.2, 0.25) is 5.02 Å². The van der Waals surface area contributed by atoms with Crippen LogP contribution in [0.25, 0.3) is 0 Å². The van der Waals surface area contributed by atoms with Gasteiger partial charge < -0.3 is 14.0 Å². The van der Waals surface area contributed by atoms with E-state index < -0.39 is 7.12 Å². The van der Waals surface area contributed by atoms with Gasteiger partial charge in [-0.05, 0) is 58.2 Å². The minimum atomic E-state index is -0.464. The van der Waals surface area contributed by atoms with Gasteiger partial charge in [0.2, 0.25) is 0 Å². The third-order valence-electron chi connectivity index (χ3n) is 4.67. The molecule has 1 fully saturated rings. The van der Waals surface area contributed by atoms with Gasteiger partial charge in [-0.3, -0.25) is 0 Å². The molecule has 2 rings (SSSR count). The Balaban J connectivity index is 2.57. The predicted octanol–water partition coefficient (Wildman–Crippen LogP) is 3.52. The summed E-state index contributed by atoms with van der Waals surface area (Å²) in [6.45, 7) is 12.2. The lowest BCUT2D eigenvalue weighted by atomic mass is 9.74. The van der Waals surface area contributed by atoms with E-state index in [0.29, 0.717) is 0 Å². The highest BCUT2D eigenvalue weighted by Gasteiger charge is 2.53. The van der Waals surface area contributed by atoms with Crippen LogP contribution >= 0.6 is 11.6 Å². The van der Waals surface area contributed by atoms with Crippen molar-refractivity contribution in [1.29, 1.82) is 0 Å². The lowest BCUT2D eigenvalue weighted by Crippen LogP contribution is -2.41. The number of aryl methyl sites for hydroxylation is 1. The molecule has 21 heavy (non-hydrogen) atoms. The molecule has 0 unspecified atom stereocenters. The zero-order valence-electron chi connectivity index (χ0n) is 14.0. The van der Waals surface area contributed by atoms with Gasteiger partial charge in [-0.1, -0.05) is 18.5 Å². The van der Waals surface area contributed by atoms with Crippen molar-refractivity contribution in [2.24, 2.45) is 0 Å². The molecule has 0 radical (unpaired) electrons. The fraction of sp³-hybridized carbons (Fsp3) is 0.625. The van der Waals surface area contributed by atoms with Crippen molar-refractivity contribution in [1.82, 2.24) is 0 Å². The van der Waals surface area contributed by atoms with Crippen LogP contribution in [-0.4, -0.2) is 25.4 Å². The molecule has 0 aromatic heterocycles. The Morgan fingerprint density at radius 3 is 2.14 bits per heavy atom. The van der Waals surface area contributed by atoms with Crippen molar-refractivity contribution < 1.29 is 14.0 Å². The summed E-state index contributed by atoms with van der Waals surface area (Å²) in [5, 5.41) is 0.720. The average Bonchev–Trinajstić information content (AvgIpc) is 2.60. The van der Waals surface area contributed by atoms with Crippen LogP contribution in [0.15, 0.2) is 6.07 Å². The highest BCUT2D eigenvalue weighted by Crippen LogP contribution is 2.38. The maximum atomic E-state index is 6.38. The first-order valence-corrected chi connectivity index (χ1v) is 7.74. The number of halogens is 1. The molecule has 0 atom stereocenters. The Bertz CT molecular complexity index is 539. The molecular weight excluding hydrogens is 286 g/mol. The molecular formula is C16H24BClO3. The van der Waals surface area contributed by atoms with Crippen LogP contribution in [0, 0.1) is 6.92 Å². The summed E-state index contributed by atoms with van der Waals surface area (Å²) >= 11 is 6.38. The van der Waals surface area contributed by atoms with Crippen LogP contribution in [0.1, 0.15) is 45.7 Å². The van der Waals surface area contributed by atoms with Crippen molar-refractivity contribution in [2.75, 3.05) is 7.11 Å². The second-order valence-corrected chi connectivity index (χ2v) is 6.94. The standard InChI is InChI=1S/C16H24BClO3/c1-8-11-9-12(18)10(2)13(14(11)19-7)17-20-15(3,4)16(5,6)21-17/h9H,8H2,1-7H3. The maximum absolute atomic E-state index is 6.38. The number of hydrogen-bond acceptors (Lipinski definition) is 3. The van der Waals surface area contributed by atoms with Crippen molar-refractivity contribution in [3.63, 3.8) is 0 Å². The van der Waals surface area contributed by atoms with Gasteiger partial charge in [-0.25, -0.2) is 0 Å². The summed E-state index contributed by atoms with van der Waals surface area (Å²) in [5.41, 5.74) is 2.15. The van der Waals surface area contributed by atoms with Gasteiger partial charge in [0.25, 0.3) is 0 Å². The number of ether oxygens (including phenoxy) is 1. The third kappa shape index (κ3) is 2.69. The predicted molar refractivity (Wildman–Crippen MR) is 87.8 cm³/mol. The molecule has 116 valence electrons. The van der Waals surface area contributed by atoms with Crippen molar-refractivity contribution in [2.45, 2.75) is 59.2 Å². The summed E-state index contributed by atoms with van der Waals surface area (Å²) < 4.78 is 18.0. The molecule has 0 N–H and O–H groups in total. The van der Waals surface area contributed by atoms with Crippen LogP contribution in [0.5, 0.6) is 5.75 Å². The normalized spacial score (nSPS) is 19.9. The Morgan fingerprint density at radius 1 is 1.19 bits per heavy atom. The Labute approximate surface area is 133 Å². The maximum Gasteiger partial charge on any atom is 0.499 e. The largest absolute Gasteiger partial charge is 0.499 e. The zero-order valence-corrected chi connectivity index (χ0v) is 14.7. The average molecular weight is 311 g/mol.